The van der Waals surface area contributed by atoms with E-state index >= 15 is 0 Å². The van der Waals surface area contributed by atoms with Crippen molar-refractivity contribution < 1.29 is 9.53 Å². The van der Waals surface area contributed by atoms with Gasteiger partial charge in [-0.25, -0.2) is 0 Å². The summed E-state index contributed by atoms with van der Waals surface area (Å²) in [7, 11) is 0. The van der Waals surface area contributed by atoms with Gasteiger partial charge in [0.25, 0.3) is 0 Å². The number of esters is 1. The van der Waals surface area contributed by atoms with Crippen LogP contribution in [0.15, 0.2) is 42.5 Å². The molecule has 1 saturated heterocycles. The minimum absolute atomic E-state index is 0.0378. The number of nitrogens with zero attached hydrogens (tertiary/aromatic N) is 1. The number of rotatable bonds is 12. The molecule has 0 N–H and O–H groups in total. The summed E-state index contributed by atoms with van der Waals surface area (Å²) in [5.74, 6) is 0.380. The summed E-state index contributed by atoms with van der Waals surface area (Å²) in [5.41, 5.74) is 1.36. The van der Waals surface area contributed by atoms with E-state index in [2.05, 4.69) is 54.3 Å². The van der Waals surface area contributed by atoms with Crippen LogP contribution in [-0.4, -0.2) is 30.1 Å². The summed E-state index contributed by atoms with van der Waals surface area (Å²) >= 11 is 0. The van der Waals surface area contributed by atoms with E-state index in [1.165, 1.54) is 31.2 Å². The van der Waals surface area contributed by atoms with Crippen molar-refractivity contribution in [2.45, 2.75) is 77.8 Å². The molecule has 3 heteroatoms. The van der Waals surface area contributed by atoms with Crippen LogP contribution in [0.25, 0.3) is 0 Å². The number of benzene rings is 1. The van der Waals surface area contributed by atoms with Gasteiger partial charge in [-0.15, -0.1) is 0 Å². The molecule has 0 aromatic heterocycles. The second kappa shape index (κ2) is 12.7. The Morgan fingerprint density at radius 3 is 2.67 bits per heavy atom. The Morgan fingerprint density at radius 1 is 1.15 bits per heavy atom. The predicted octanol–water partition coefficient (Wildman–Crippen LogP) is 5.75. The molecule has 2 rings (SSSR count). The number of unbranched alkanes of at least 4 members (excludes halogenated alkanes) is 3. The maximum Gasteiger partial charge on any atom is 0.306 e. The van der Waals surface area contributed by atoms with E-state index in [9.17, 15) is 4.79 Å². The summed E-state index contributed by atoms with van der Waals surface area (Å²) in [4.78, 5) is 14.6. The average Bonchev–Trinajstić information content (AvgIpc) is 3.03. The summed E-state index contributed by atoms with van der Waals surface area (Å²) in [6.07, 6.45) is 13.6. The first-order valence-corrected chi connectivity index (χ1v) is 10.8. The Kier molecular flexibility index (Phi) is 10.2. The highest BCUT2D eigenvalue weighted by Gasteiger charge is 2.34. The van der Waals surface area contributed by atoms with Crippen LogP contribution >= 0.6 is 0 Å². The van der Waals surface area contributed by atoms with Gasteiger partial charge in [0.1, 0.15) is 0 Å². The molecule has 1 heterocycles. The summed E-state index contributed by atoms with van der Waals surface area (Å²) in [6.45, 7) is 6.66. The molecule has 0 amide bonds. The average molecular weight is 372 g/mol. The van der Waals surface area contributed by atoms with Crippen LogP contribution in [0.1, 0.15) is 70.8 Å². The van der Waals surface area contributed by atoms with E-state index in [1.807, 2.05) is 6.92 Å². The van der Waals surface area contributed by atoms with Gasteiger partial charge < -0.3 is 4.74 Å². The van der Waals surface area contributed by atoms with Crippen molar-refractivity contribution >= 4 is 5.97 Å². The van der Waals surface area contributed by atoms with E-state index in [0.717, 1.165) is 32.4 Å². The number of likely N-dealkylation sites (tertiary alicyclic amines) is 1. The van der Waals surface area contributed by atoms with E-state index in [4.69, 9.17) is 4.74 Å². The number of carbonyl (C=O) groups excluding carboxylic acids is 1. The van der Waals surface area contributed by atoms with Crippen LogP contribution in [0, 0.1) is 5.92 Å². The molecule has 2 atom stereocenters. The molecule has 1 fully saturated rings. The van der Waals surface area contributed by atoms with E-state index in [-0.39, 0.29) is 5.97 Å². The maximum atomic E-state index is 12.0. The van der Waals surface area contributed by atoms with Crippen LogP contribution in [0.4, 0.5) is 0 Å². The topological polar surface area (TPSA) is 29.5 Å². The first kappa shape index (κ1) is 21.7. The van der Waals surface area contributed by atoms with Gasteiger partial charge in [-0.2, -0.15) is 0 Å². The van der Waals surface area contributed by atoms with Gasteiger partial charge in [0.2, 0.25) is 0 Å². The highest BCUT2D eigenvalue weighted by Crippen LogP contribution is 2.32. The largest absolute Gasteiger partial charge is 0.466 e. The second-order valence-electron chi connectivity index (χ2n) is 7.63. The van der Waals surface area contributed by atoms with Crippen molar-refractivity contribution in [1.29, 1.82) is 0 Å². The highest BCUT2D eigenvalue weighted by atomic mass is 16.5. The number of allylic oxidation sites excluding steroid dienone is 2. The second-order valence-corrected chi connectivity index (χ2v) is 7.63. The summed E-state index contributed by atoms with van der Waals surface area (Å²) in [5, 5.41) is 0. The third-order valence-corrected chi connectivity index (χ3v) is 5.53. The zero-order valence-electron chi connectivity index (χ0n) is 17.2. The van der Waals surface area contributed by atoms with Crippen LogP contribution in [-0.2, 0) is 16.1 Å². The molecule has 150 valence electrons. The van der Waals surface area contributed by atoms with Gasteiger partial charge in [-0.1, -0.05) is 62.2 Å². The Balaban J connectivity index is 1.90. The molecule has 1 aliphatic heterocycles. The van der Waals surface area contributed by atoms with Crippen LogP contribution in [0.2, 0.25) is 0 Å². The summed E-state index contributed by atoms with van der Waals surface area (Å²) < 4.78 is 5.21. The first-order valence-electron chi connectivity index (χ1n) is 10.8. The fourth-order valence-electron chi connectivity index (χ4n) is 4.11. The third kappa shape index (κ3) is 7.88. The molecule has 0 bridgehead atoms. The fourth-order valence-corrected chi connectivity index (χ4v) is 4.11. The van der Waals surface area contributed by atoms with E-state index in [1.54, 1.807) is 0 Å². The SMILES string of the molecule is CCCCC/C=C/CCC1C(CC(=O)OCC)CCN1Cc1ccccc1. The third-order valence-electron chi connectivity index (χ3n) is 5.53. The van der Waals surface area contributed by atoms with E-state index < -0.39 is 0 Å². The number of hydrogen-bond donors (Lipinski definition) is 0. The molecule has 0 saturated carbocycles. The molecular formula is C24H37NO2. The zero-order chi connectivity index (χ0) is 19.3. The molecule has 0 radical (unpaired) electrons. The maximum absolute atomic E-state index is 12.0. The highest BCUT2D eigenvalue weighted by molar-refractivity contribution is 5.69. The molecule has 0 aliphatic carbocycles. The Hall–Kier alpha value is -1.61. The quantitative estimate of drug-likeness (QED) is 0.266. The lowest BCUT2D eigenvalue weighted by Gasteiger charge is -2.28. The fraction of sp³-hybridized carbons (Fsp3) is 0.625. The molecule has 2 unspecified atom stereocenters. The smallest absolute Gasteiger partial charge is 0.306 e. The lowest BCUT2D eigenvalue weighted by Crippen LogP contribution is -2.33. The number of hydrogen-bond acceptors (Lipinski definition) is 3. The minimum Gasteiger partial charge on any atom is -0.466 e. The molecular weight excluding hydrogens is 334 g/mol. The first-order chi connectivity index (χ1) is 13.2. The number of ether oxygens (including phenoxy) is 1. The van der Waals surface area contributed by atoms with Crippen LogP contribution < -0.4 is 0 Å². The van der Waals surface area contributed by atoms with Crippen molar-refractivity contribution in [1.82, 2.24) is 4.90 Å². The lowest BCUT2D eigenvalue weighted by atomic mass is 9.93. The van der Waals surface area contributed by atoms with Crippen molar-refractivity contribution in [3.8, 4) is 0 Å². The zero-order valence-corrected chi connectivity index (χ0v) is 17.2. The molecule has 1 aromatic carbocycles. The number of carbonyl (C=O) groups is 1. The summed E-state index contributed by atoms with van der Waals surface area (Å²) in [6, 6.07) is 11.1. The standard InChI is InChI=1S/C24H37NO2/c1-3-5-6-7-8-9-13-16-23-22(19-24(26)27-4-2)17-18-25(23)20-21-14-11-10-12-15-21/h8-12,14-15,22-23H,3-7,13,16-20H2,1-2H3/b9-8+. The van der Waals surface area contributed by atoms with Gasteiger partial charge in [0.05, 0.1) is 6.61 Å². The van der Waals surface area contributed by atoms with Crippen LogP contribution in [0.3, 0.4) is 0 Å². The van der Waals surface area contributed by atoms with Crippen molar-refractivity contribution in [3.63, 3.8) is 0 Å². The molecule has 1 aromatic rings. The molecule has 1 aliphatic rings. The lowest BCUT2D eigenvalue weighted by molar-refractivity contribution is -0.144. The molecule has 27 heavy (non-hydrogen) atoms. The van der Waals surface area contributed by atoms with Gasteiger partial charge in [0, 0.05) is 19.0 Å². The Labute approximate surface area is 165 Å². The monoisotopic (exact) mass is 371 g/mol. The Morgan fingerprint density at radius 2 is 1.93 bits per heavy atom. The van der Waals surface area contributed by atoms with Crippen LogP contribution in [0.5, 0.6) is 0 Å². The van der Waals surface area contributed by atoms with Gasteiger partial charge in [-0.05, 0) is 57.1 Å². The normalized spacial score (nSPS) is 20.4. The van der Waals surface area contributed by atoms with E-state index in [0.29, 0.717) is 25.0 Å². The van der Waals surface area contributed by atoms with Gasteiger partial charge >= 0.3 is 5.97 Å². The minimum atomic E-state index is -0.0378. The molecule has 3 nitrogen and oxygen atoms in total. The van der Waals surface area contributed by atoms with Gasteiger partial charge in [0.15, 0.2) is 0 Å². The Bertz CT molecular complexity index is 555. The van der Waals surface area contributed by atoms with Gasteiger partial charge in [-0.3, -0.25) is 9.69 Å². The van der Waals surface area contributed by atoms with Crippen molar-refractivity contribution in [2.24, 2.45) is 5.92 Å². The predicted molar refractivity (Wildman–Crippen MR) is 113 cm³/mol. The van der Waals surface area contributed by atoms with Crippen molar-refractivity contribution in [2.75, 3.05) is 13.2 Å². The molecule has 0 spiro atoms. The van der Waals surface area contributed by atoms with Crippen molar-refractivity contribution in [3.05, 3.63) is 48.0 Å².